The molecule has 3 rings (SSSR count). The van der Waals surface area contributed by atoms with Crippen LogP contribution in [0.4, 0.5) is 4.79 Å². The monoisotopic (exact) mass is 446 g/mol. The summed E-state index contributed by atoms with van der Waals surface area (Å²) >= 11 is 0. The van der Waals surface area contributed by atoms with Gasteiger partial charge in [0.25, 0.3) is 0 Å². The van der Waals surface area contributed by atoms with Gasteiger partial charge in [-0.1, -0.05) is 85.8 Å². The molecule has 174 valence electrons. The fourth-order valence-electron chi connectivity index (χ4n) is 3.96. The molecule has 5 heteroatoms. The van der Waals surface area contributed by atoms with Crippen LogP contribution < -0.4 is 5.32 Å². The van der Waals surface area contributed by atoms with Gasteiger partial charge in [0.15, 0.2) is 0 Å². The molecular formula is C28H34N2O3. The number of hydrogen-bond donors (Lipinski definition) is 1. The van der Waals surface area contributed by atoms with E-state index >= 15 is 0 Å². The zero-order chi connectivity index (χ0) is 23.5. The number of carbonyl (C=O) groups is 2. The minimum Gasteiger partial charge on any atom is -0.445 e. The van der Waals surface area contributed by atoms with Crippen LogP contribution in [0.5, 0.6) is 0 Å². The number of carbonyl (C=O) groups excluding carboxylic acids is 2. The van der Waals surface area contributed by atoms with Crippen molar-refractivity contribution >= 4 is 12.0 Å². The Labute approximate surface area is 197 Å². The first-order chi connectivity index (χ1) is 16.0. The second kappa shape index (κ2) is 12.6. The summed E-state index contributed by atoms with van der Waals surface area (Å²) in [6, 6.07) is 19.9. The van der Waals surface area contributed by atoms with E-state index in [2.05, 4.69) is 36.5 Å². The third kappa shape index (κ3) is 8.26. The summed E-state index contributed by atoms with van der Waals surface area (Å²) in [5.41, 5.74) is 3.24. The first-order valence-electron chi connectivity index (χ1n) is 11.6. The van der Waals surface area contributed by atoms with Crippen LogP contribution >= 0.6 is 0 Å². The van der Waals surface area contributed by atoms with Gasteiger partial charge < -0.3 is 15.0 Å². The van der Waals surface area contributed by atoms with E-state index in [-0.39, 0.29) is 24.5 Å². The van der Waals surface area contributed by atoms with Crippen molar-refractivity contribution in [3.05, 3.63) is 95.6 Å². The first kappa shape index (κ1) is 24.3. The quantitative estimate of drug-likeness (QED) is 0.540. The molecular weight excluding hydrogens is 412 g/mol. The Balaban J connectivity index is 1.66. The Hall–Kier alpha value is -3.34. The molecule has 2 amide bonds. The van der Waals surface area contributed by atoms with Crippen LogP contribution in [0.15, 0.2) is 84.5 Å². The molecule has 0 aliphatic heterocycles. The van der Waals surface area contributed by atoms with Crippen LogP contribution in [0.2, 0.25) is 0 Å². The number of alkyl carbamates (subject to hydrolysis) is 1. The molecule has 0 spiro atoms. The molecule has 0 saturated heterocycles. The van der Waals surface area contributed by atoms with Crippen LogP contribution in [0.25, 0.3) is 0 Å². The van der Waals surface area contributed by atoms with Gasteiger partial charge in [-0.05, 0) is 41.9 Å². The van der Waals surface area contributed by atoms with Crippen molar-refractivity contribution in [2.75, 3.05) is 13.2 Å². The Morgan fingerprint density at radius 1 is 1.00 bits per heavy atom. The summed E-state index contributed by atoms with van der Waals surface area (Å²) < 4.78 is 5.50. The van der Waals surface area contributed by atoms with Crippen LogP contribution in [-0.2, 0) is 22.5 Å². The molecule has 1 aliphatic carbocycles. The van der Waals surface area contributed by atoms with E-state index in [4.69, 9.17) is 4.74 Å². The van der Waals surface area contributed by atoms with Crippen LogP contribution in [0, 0.1) is 5.92 Å². The Kier molecular flexibility index (Phi) is 9.31. The molecule has 2 aromatic carbocycles. The van der Waals surface area contributed by atoms with Gasteiger partial charge in [0.2, 0.25) is 5.91 Å². The second-order valence-corrected chi connectivity index (χ2v) is 8.64. The molecule has 2 unspecified atom stereocenters. The van der Waals surface area contributed by atoms with Crippen molar-refractivity contribution in [2.24, 2.45) is 5.92 Å². The van der Waals surface area contributed by atoms with E-state index < -0.39 is 6.09 Å². The molecule has 0 fully saturated rings. The van der Waals surface area contributed by atoms with Gasteiger partial charge >= 0.3 is 6.09 Å². The number of nitrogens with one attached hydrogen (secondary N) is 1. The summed E-state index contributed by atoms with van der Waals surface area (Å²) in [7, 11) is 0. The predicted octanol–water partition coefficient (Wildman–Crippen LogP) is 5.29. The molecule has 0 saturated carbocycles. The van der Waals surface area contributed by atoms with Crippen molar-refractivity contribution in [1.82, 2.24) is 10.2 Å². The Morgan fingerprint density at radius 2 is 1.67 bits per heavy atom. The minimum atomic E-state index is -0.430. The number of benzene rings is 2. The van der Waals surface area contributed by atoms with Crippen molar-refractivity contribution in [1.29, 1.82) is 0 Å². The van der Waals surface area contributed by atoms with Gasteiger partial charge in [-0.2, -0.15) is 0 Å². The Bertz CT molecular complexity index is 954. The van der Waals surface area contributed by atoms with Gasteiger partial charge in [-0.25, -0.2) is 4.79 Å². The molecule has 0 aromatic heterocycles. The molecule has 0 bridgehead atoms. The van der Waals surface area contributed by atoms with E-state index in [9.17, 15) is 9.59 Å². The third-order valence-corrected chi connectivity index (χ3v) is 5.90. The number of nitrogens with zero attached hydrogens (tertiary/aromatic N) is 1. The highest BCUT2D eigenvalue weighted by molar-refractivity contribution is 5.73. The minimum absolute atomic E-state index is 0.0164. The lowest BCUT2D eigenvalue weighted by Crippen LogP contribution is -2.46. The summed E-state index contributed by atoms with van der Waals surface area (Å²) in [4.78, 5) is 26.8. The summed E-state index contributed by atoms with van der Waals surface area (Å²) in [5.74, 6) is 0.0434. The third-order valence-electron chi connectivity index (χ3n) is 5.90. The Morgan fingerprint density at radius 3 is 2.27 bits per heavy atom. The standard InChI is InChI=1S/C28H34N2O3/c1-22(19-30(23(2)31)20-25-14-8-4-9-15-25)27(18-24-12-6-3-7-13-24)29-28(32)33-21-26-16-10-5-11-17-26/h3-4,6-10,12-17,22,27H,5,11,18-21H2,1-2H3,(H,29,32). The average molecular weight is 447 g/mol. The number of ether oxygens (including phenoxy) is 1. The molecule has 33 heavy (non-hydrogen) atoms. The second-order valence-electron chi connectivity index (χ2n) is 8.64. The van der Waals surface area contributed by atoms with Gasteiger partial charge in [-0.15, -0.1) is 0 Å². The molecule has 2 atom stereocenters. The van der Waals surface area contributed by atoms with E-state index in [1.165, 1.54) is 0 Å². The van der Waals surface area contributed by atoms with Crippen LogP contribution in [-0.4, -0.2) is 36.1 Å². The summed E-state index contributed by atoms with van der Waals surface area (Å²) in [5, 5.41) is 3.06. The normalized spacial score (nSPS) is 14.7. The van der Waals surface area contributed by atoms with Crippen LogP contribution in [0.3, 0.4) is 0 Å². The maximum Gasteiger partial charge on any atom is 0.407 e. The molecule has 0 radical (unpaired) electrons. The van der Waals surface area contributed by atoms with E-state index in [1.54, 1.807) is 6.92 Å². The fraction of sp³-hybridized carbons (Fsp3) is 0.357. The highest BCUT2D eigenvalue weighted by Crippen LogP contribution is 2.16. The maximum atomic E-state index is 12.6. The fourth-order valence-corrected chi connectivity index (χ4v) is 3.96. The maximum absolute atomic E-state index is 12.6. The zero-order valence-electron chi connectivity index (χ0n) is 19.6. The summed E-state index contributed by atoms with van der Waals surface area (Å²) in [6.45, 7) is 5.01. The van der Waals surface area contributed by atoms with Gasteiger partial charge in [0.1, 0.15) is 6.61 Å². The van der Waals surface area contributed by atoms with Gasteiger partial charge in [0, 0.05) is 26.1 Å². The average Bonchev–Trinajstić information content (AvgIpc) is 2.84. The SMILES string of the molecule is CC(=O)N(Cc1ccccc1)CC(C)C(Cc1ccccc1)NC(=O)OCC1=CCCC=C1. The van der Waals surface area contributed by atoms with Gasteiger partial charge in [-0.3, -0.25) is 4.79 Å². The molecule has 2 aromatic rings. The number of hydrogen-bond acceptors (Lipinski definition) is 3. The highest BCUT2D eigenvalue weighted by Gasteiger charge is 2.24. The summed E-state index contributed by atoms with van der Waals surface area (Å²) in [6.07, 6.45) is 8.45. The number of allylic oxidation sites excluding steroid dienone is 2. The number of rotatable bonds is 10. The lowest BCUT2D eigenvalue weighted by atomic mass is 9.94. The van der Waals surface area contributed by atoms with Crippen molar-refractivity contribution in [2.45, 2.75) is 45.7 Å². The predicted molar refractivity (Wildman–Crippen MR) is 132 cm³/mol. The molecule has 1 N–H and O–H groups in total. The van der Waals surface area contributed by atoms with Crippen molar-refractivity contribution in [3.63, 3.8) is 0 Å². The smallest absolute Gasteiger partial charge is 0.407 e. The van der Waals surface area contributed by atoms with Crippen molar-refractivity contribution < 1.29 is 14.3 Å². The topological polar surface area (TPSA) is 58.6 Å². The lowest BCUT2D eigenvalue weighted by molar-refractivity contribution is -0.130. The van der Waals surface area contributed by atoms with Gasteiger partial charge in [0.05, 0.1) is 0 Å². The van der Waals surface area contributed by atoms with Crippen molar-refractivity contribution in [3.8, 4) is 0 Å². The largest absolute Gasteiger partial charge is 0.445 e. The molecule has 0 heterocycles. The van der Waals surface area contributed by atoms with E-state index in [0.29, 0.717) is 19.5 Å². The molecule has 5 nitrogen and oxygen atoms in total. The van der Waals surface area contributed by atoms with Crippen LogP contribution in [0.1, 0.15) is 37.8 Å². The lowest BCUT2D eigenvalue weighted by Gasteiger charge is -2.30. The van der Waals surface area contributed by atoms with E-state index in [1.807, 2.05) is 59.5 Å². The molecule has 1 aliphatic rings. The first-order valence-corrected chi connectivity index (χ1v) is 11.6. The zero-order valence-corrected chi connectivity index (χ0v) is 19.6. The van der Waals surface area contributed by atoms with E-state index in [0.717, 1.165) is 29.5 Å². The number of amides is 2. The highest BCUT2D eigenvalue weighted by atomic mass is 16.5.